The quantitative estimate of drug-likeness (QED) is 0.212. The van der Waals surface area contributed by atoms with Gasteiger partial charge in [0, 0.05) is 28.8 Å². The molecule has 6 aromatic carbocycles. The SMILES string of the molecule is C1=CC2c3ccccc3C(c3ccccc3)(c3ccc(Nc4ccc(-c5ccccc5)cc4)c(-c4ccccc4)c3)C2C=C1. The van der Waals surface area contributed by atoms with Crippen LogP contribution < -0.4 is 5.32 Å². The number of fused-ring (bicyclic) bond motifs is 3. The van der Waals surface area contributed by atoms with Gasteiger partial charge < -0.3 is 5.32 Å². The van der Waals surface area contributed by atoms with Crippen molar-refractivity contribution in [3.05, 3.63) is 204 Å². The van der Waals surface area contributed by atoms with Gasteiger partial charge in [-0.15, -0.1) is 0 Å². The monoisotopic (exact) mass is 563 g/mol. The van der Waals surface area contributed by atoms with E-state index >= 15 is 0 Å². The highest BCUT2D eigenvalue weighted by Crippen LogP contribution is 2.59. The van der Waals surface area contributed by atoms with Crippen LogP contribution in [0, 0.1) is 5.92 Å². The van der Waals surface area contributed by atoms with Gasteiger partial charge in [0.1, 0.15) is 0 Å². The number of nitrogens with one attached hydrogen (secondary N) is 1. The molecule has 0 bridgehead atoms. The molecule has 2 aliphatic carbocycles. The van der Waals surface area contributed by atoms with E-state index in [1.54, 1.807) is 0 Å². The maximum atomic E-state index is 3.77. The molecule has 8 rings (SSSR count). The molecule has 3 unspecified atom stereocenters. The van der Waals surface area contributed by atoms with E-state index in [0.29, 0.717) is 5.92 Å². The maximum absolute atomic E-state index is 3.77. The number of allylic oxidation sites excluding steroid dienone is 4. The van der Waals surface area contributed by atoms with Crippen molar-refractivity contribution >= 4 is 11.4 Å². The molecule has 44 heavy (non-hydrogen) atoms. The van der Waals surface area contributed by atoms with Crippen molar-refractivity contribution in [2.45, 2.75) is 11.3 Å². The fourth-order valence-corrected chi connectivity index (χ4v) is 7.50. The summed E-state index contributed by atoms with van der Waals surface area (Å²) in [5, 5.41) is 3.77. The summed E-state index contributed by atoms with van der Waals surface area (Å²) in [4.78, 5) is 0. The van der Waals surface area contributed by atoms with Crippen molar-refractivity contribution < 1.29 is 0 Å². The van der Waals surface area contributed by atoms with Gasteiger partial charge in [0.15, 0.2) is 0 Å². The Hall–Kier alpha value is -5.40. The van der Waals surface area contributed by atoms with Crippen LogP contribution in [0.4, 0.5) is 11.4 Å². The van der Waals surface area contributed by atoms with Crippen molar-refractivity contribution in [2.75, 3.05) is 5.32 Å². The van der Waals surface area contributed by atoms with Crippen LogP contribution >= 0.6 is 0 Å². The second-order valence-corrected chi connectivity index (χ2v) is 11.8. The molecule has 0 amide bonds. The Kier molecular flexibility index (Phi) is 6.57. The molecule has 0 aliphatic heterocycles. The highest BCUT2D eigenvalue weighted by atomic mass is 14.9. The lowest BCUT2D eigenvalue weighted by Gasteiger charge is -2.39. The normalized spacial score (nSPS) is 19.7. The average molecular weight is 564 g/mol. The van der Waals surface area contributed by atoms with Crippen molar-refractivity contribution in [3.63, 3.8) is 0 Å². The Labute approximate surface area is 259 Å². The molecule has 0 fully saturated rings. The minimum Gasteiger partial charge on any atom is -0.355 e. The van der Waals surface area contributed by atoms with Crippen LogP contribution in [-0.2, 0) is 5.41 Å². The number of rotatable bonds is 6. The zero-order valence-corrected chi connectivity index (χ0v) is 24.5. The molecule has 6 aromatic rings. The first-order valence-electron chi connectivity index (χ1n) is 15.4. The van der Waals surface area contributed by atoms with Gasteiger partial charge >= 0.3 is 0 Å². The van der Waals surface area contributed by atoms with E-state index in [4.69, 9.17) is 0 Å². The molecule has 0 aromatic heterocycles. The molecule has 0 radical (unpaired) electrons. The fraction of sp³-hybridized carbons (Fsp3) is 0.0698. The second-order valence-electron chi connectivity index (χ2n) is 11.8. The Morgan fingerprint density at radius 3 is 1.84 bits per heavy atom. The number of hydrogen-bond donors (Lipinski definition) is 1. The smallest absolute Gasteiger partial charge is 0.0525 e. The topological polar surface area (TPSA) is 12.0 Å². The zero-order valence-electron chi connectivity index (χ0n) is 24.5. The van der Waals surface area contributed by atoms with E-state index in [-0.39, 0.29) is 11.3 Å². The third kappa shape index (κ3) is 4.32. The van der Waals surface area contributed by atoms with Crippen molar-refractivity contribution in [2.24, 2.45) is 5.92 Å². The van der Waals surface area contributed by atoms with Crippen molar-refractivity contribution in [3.8, 4) is 22.3 Å². The summed E-state index contributed by atoms with van der Waals surface area (Å²) in [6.45, 7) is 0. The molecule has 1 N–H and O–H groups in total. The van der Waals surface area contributed by atoms with Gasteiger partial charge in [-0.05, 0) is 63.2 Å². The van der Waals surface area contributed by atoms with Crippen LogP contribution in [-0.4, -0.2) is 0 Å². The molecule has 1 heteroatoms. The van der Waals surface area contributed by atoms with Crippen LogP contribution in [0.2, 0.25) is 0 Å². The third-order valence-electron chi connectivity index (χ3n) is 9.44. The zero-order chi connectivity index (χ0) is 29.3. The molecule has 0 spiro atoms. The standard InChI is InChI=1S/C43H33N/c1-4-14-31(15-5-1)32-24-27-36(28-25-32)44-42-29-26-35(30-39(42)33-16-6-2-7-17-33)43(34-18-8-3-9-19-34)40-22-12-10-20-37(40)38-21-11-13-23-41(38)43/h1-30,37,40,44H. The van der Waals surface area contributed by atoms with Crippen molar-refractivity contribution in [1.82, 2.24) is 0 Å². The number of hydrogen-bond acceptors (Lipinski definition) is 1. The summed E-state index contributed by atoms with van der Waals surface area (Å²) < 4.78 is 0. The van der Waals surface area contributed by atoms with E-state index in [1.807, 2.05) is 0 Å². The Morgan fingerprint density at radius 1 is 0.477 bits per heavy atom. The Bertz CT molecular complexity index is 1970. The van der Waals surface area contributed by atoms with Crippen LogP contribution in [0.5, 0.6) is 0 Å². The highest BCUT2D eigenvalue weighted by Gasteiger charge is 2.52. The van der Waals surface area contributed by atoms with E-state index in [2.05, 4.69) is 187 Å². The van der Waals surface area contributed by atoms with Gasteiger partial charge in [0.05, 0.1) is 5.41 Å². The summed E-state index contributed by atoms with van der Waals surface area (Å²) in [6.07, 6.45) is 9.27. The average Bonchev–Trinajstić information content (AvgIpc) is 3.41. The largest absolute Gasteiger partial charge is 0.355 e. The lowest BCUT2D eigenvalue weighted by atomic mass is 9.63. The summed E-state index contributed by atoms with van der Waals surface area (Å²) in [6, 6.07) is 57.3. The fourth-order valence-electron chi connectivity index (χ4n) is 7.50. The predicted molar refractivity (Wildman–Crippen MR) is 184 cm³/mol. The molecule has 0 heterocycles. The molecule has 1 nitrogen and oxygen atoms in total. The molecule has 3 atom stereocenters. The first-order chi connectivity index (χ1) is 21.8. The van der Waals surface area contributed by atoms with Crippen LogP contribution in [0.15, 0.2) is 182 Å². The van der Waals surface area contributed by atoms with Crippen LogP contribution in [0.25, 0.3) is 22.3 Å². The molecular formula is C43H33N. The second kappa shape index (κ2) is 11.0. The Morgan fingerprint density at radius 2 is 1.09 bits per heavy atom. The minimum absolute atomic E-state index is 0.278. The Balaban J connectivity index is 1.29. The predicted octanol–water partition coefficient (Wildman–Crippen LogP) is 10.9. The number of anilines is 2. The molecule has 0 saturated heterocycles. The lowest BCUT2D eigenvalue weighted by molar-refractivity contribution is 0.457. The van der Waals surface area contributed by atoms with E-state index < -0.39 is 0 Å². The number of benzene rings is 6. The van der Waals surface area contributed by atoms with Gasteiger partial charge in [0.25, 0.3) is 0 Å². The molecular weight excluding hydrogens is 530 g/mol. The van der Waals surface area contributed by atoms with E-state index in [9.17, 15) is 0 Å². The maximum Gasteiger partial charge on any atom is 0.0525 e. The summed E-state index contributed by atoms with van der Waals surface area (Å²) in [5.41, 5.74) is 12.1. The van der Waals surface area contributed by atoms with E-state index in [0.717, 1.165) is 11.4 Å². The summed E-state index contributed by atoms with van der Waals surface area (Å²) >= 11 is 0. The van der Waals surface area contributed by atoms with Crippen LogP contribution in [0.1, 0.15) is 28.2 Å². The highest BCUT2D eigenvalue weighted by molar-refractivity contribution is 5.83. The first-order valence-corrected chi connectivity index (χ1v) is 15.4. The lowest BCUT2D eigenvalue weighted by Crippen LogP contribution is -2.35. The van der Waals surface area contributed by atoms with Gasteiger partial charge in [-0.1, -0.05) is 158 Å². The summed E-state index contributed by atoms with van der Waals surface area (Å²) in [7, 11) is 0. The summed E-state index contributed by atoms with van der Waals surface area (Å²) in [5.74, 6) is 0.609. The van der Waals surface area contributed by atoms with E-state index in [1.165, 1.54) is 44.5 Å². The van der Waals surface area contributed by atoms with Gasteiger partial charge in [-0.3, -0.25) is 0 Å². The third-order valence-corrected chi connectivity index (χ3v) is 9.44. The van der Waals surface area contributed by atoms with Gasteiger partial charge in [-0.2, -0.15) is 0 Å². The van der Waals surface area contributed by atoms with Crippen molar-refractivity contribution in [1.29, 1.82) is 0 Å². The molecule has 0 saturated carbocycles. The molecule has 2 aliphatic rings. The van der Waals surface area contributed by atoms with Gasteiger partial charge in [0.2, 0.25) is 0 Å². The minimum atomic E-state index is -0.316. The van der Waals surface area contributed by atoms with Gasteiger partial charge in [-0.25, -0.2) is 0 Å². The molecule has 210 valence electrons. The first kappa shape index (κ1) is 26.2. The van der Waals surface area contributed by atoms with Crippen LogP contribution in [0.3, 0.4) is 0 Å².